The van der Waals surface area contributed by atoms with Crippen molar-refractivity contribution in [3.8, 4) is 0 Å². The zero-order valence-corrected chi connectivity index (χ0v) is 14.7. The van der Waals surface area contributed by atoms with Gasteiger partial charge in [0.1, 0.15) is 6.04 Å². The largest absolute Gasteiger partial charge is 0.346 e. The van der Waals surface area contributed by atoms with Gasteiger partial charge in [-0.2, -0.15) is 4.98 Å². The van der Waals surface area contributed by atoms with E-state index >= 15 is 0 Å². The summed E-state index contributed by atoms with van der Waals surface area (Å²) in [6.07, 6.45) is 4.78. The lowest BCUT2D eigenvalue weighted by Gasteiger charge is -2.09. The van der Waals surface area contributed by atoms with E-state index in [1.165, 1.54) is 4.88 Å². The van der Waals surface area contributed by atoms with Crippen molar-refractivity contribution in [1.82, 2.24) is 31.3 Å². The molecule has 2 unspecified atom stereocenters. The molecule has 4 heterocycles. The van der Waals surface area contributed by atoms with Crippen molar-refractivity contribution in [3.05, 3.63) is 64.2 Å². The normalized spacial score (nSPS) is 19.5. The number of thiophene rings is 1. The number of aromatic nitrogens is 3. The third kappa shape index (κ3) is 3.96. The Morgan fingerprint density at radius 1 is 1.31 bits per heavy atom. The van der Waals surface area contributed by atoms with Gasteiger partial charge in [0.25, 0.3) is 0 Å². The third-order valence-electron chi connectivity index (χ3n) is 4.16. The molecule has 0 radical (unpaired) electrons. The fraction of sp³-hybridized carbons (Fsp3) is 0.294. The molecule has 134 valence electrons. The first kappa shape index (κ1) is 16.8. The second kappa shape index (κ2) is 7.73. The van der Waals surface area contributed by atoms with Crippen molar-refractivity contribution in [2.24, 2.45) is 0 Å². The average Bonchev–Trinajstić information content (AvgIpc) is 3.43. The maximum Gasteiger partial charge on any atom is 0.246 e. The molecule has 0 aliphatic carbocycles. The van der Waals surface area contributed by atoms with Gasteiger partial charge >= 0.3 is 0 Å². The molecule has 0 bridgehead atoms. The summed E-state index contributed by atoms with van der Waals surface area (Å²) in [5.41, 5.74) is 7.27. The molecule has 26 heavy (non-hydrogen) atoms. The van der Waals surface area contributed by atoms with E-state index < -0.39 is 0 Å². The van der Waals surface area contributed by atoms with Crippen LogP contribution in [0.25, 0.3) is 0 Å². The zero-order chi connectivity index (χ0) is 17.8. The van der Waals surface area contributed by atoms with Crippen LogP contribution in [-0.2, 0) is 17.8 Å². The van der Waals surface area contributed by atoms with Crippen LogP contribution in [0.3, 0.4) is 0 Å². The number of amides is 1. The molecule has 1 saturated heterocycles. The Hall–Kier alpha value is -2.62. The van der Waals surface area contributed by atoms with E-state index in [-0.39, 0.29) is 24.5 Å². The second-order valence-corrected chi connectivity index (χ2v) is 7.02. The van der Waals surface area contributed by atoms with E-state index in [1.54, 1.807) is 23.7 Å². The standard InChI is InChI=1S/C17H18N6O2S/c24-17(14-9-13(21-22-14)11-3-5-18-6-4-11)19-10-16-20-15(23-25-16)8-12-2-1-7-26-12/h1-7,13-14,21-22H,8-10H2,(H,19,24). The minimum Gasteiger partial charge on any atom is -0.346 e. The summed E-state index contributed by atoms with van der Waals surface area (Å²) in [5.74, 6) is 0.920. The molecule has 0 aromatic carbocycles. The Morgan fingerprint density at radius 2 is 2.19 bits per heavy atom. The highest BCUT2D eigenvalue weighted by Gasteiger charge is 2.30. The Morgan fingerprint density at radius 3 is 3.00 bits per heavy atom. The summed E-state index contributed by atoms with van der Waals surface area (Å²) in [6, 6.07) is 7.65. The molecule has 0 spiro atoms. The molecule has 1 aliphatic heterocycles. The van der Waals surface area contributed by atoms with Crippen molar-refractivity contribution in [3.63, 3.8) is 0 Å². The van der Waals surface area contributed by atoms with Crippen molar-refractivity contribution >= 4 is 17.2 Å². The van der Waals surface area contributed by atoms with Crippen molar-refractivity contribution in [1.29, 1.82) is 0 Å². The number of hydrazine groups is 1. The highest BCUT2D eigenvalue weighted by molar-refractivity contribution is 7.09. The highest BCUT2D eigenvalue weighted by Crippen LogP contribution is 2.21. The van der Waals surface area contributed by atoms with E-state index in [0.29, 0.717) is 24.6 Å². The monoisotopic (exact) mass is 370 g/mol. The maximum atomic E-state index is 12.3. The van der Waals surface area contributed by atoms with Crippen molar-refractivity contribution < 1.29 is 9.32 Å². The van der Waals surface area contributed by atoms with Crippen LogP contribution in [0.15, 0.2) is 46.6 Å². The van der Waals surface area contributed by atoms with Crippen molar-refractivity contribution in [2.75, 3.05) is 0 Å². The molecule has 9 heteroatoms. The molecule has 4 rings (SSSR count). The molecule has 1 aliphatic rings. The van der Waals surface area contributed by atoms with Gasteiger partial charge in [0.05, 0.1) is 6.54 Å². The second-order valence-electron chi connectivity index (χ2n) is 5.99. The first-order valence-corrected chi connectivity index (χ1v) is 9.18. The minimum atomic E-state index is -0.318. The van der Waals surface area contributed by atoms with Gasteiger partial charge in [0.15, 0.2) is 5.82 Å². The Bertz CT molecular complexity index is 851. The lowest BCUT2D eigenvalue weighted by atomic mass is 10.0. The Kier molecular flexibility index (Phi) is 5.00. The van der Waals surface area contributed by atoms with Gasteiger partial charge in [0, 0.05) is 29.7 Å². The average molecular weight is 370 g/mol. The molecule has 0 saturated carbocycles. The van der Waals surface area contributed by atoms with Gasteiger partial charge in [-0.1, -0.05) is 11.2 Å². The highest BCUT2D eigenvalue weighted by atomic mass is 32.1. The maximum absolute atomic E-state index is 12.3. The van der Waals surface area contributed by atoms with Gasteiger partial charge in [0.2, 0.25) is 11.8 Å². The summed E-state index contributed by atoms with van der Waals surface area (Å²) < 4.78 is 5.20. The fourth-order valence-electron chi connectivity index (χ4n) is 2.83. The quantitative estimate of drug-likeness (QED) is 0.601. The third-order valence-corrected chi connectivity index (χ3v) is 5.04. The van der Waals surface area contributed by atoms with Crippen LogP contribution in [0, 0.1) is 0 Å². The molecular formula is C17H18N6O2S. The zero-order valence-electron chi connectivity index (χ0n) is 13.9. The van der Waals surface area contributed by atoms with Crippen LogP contribution in [0.5, 0.6) is 0 Å². The Labute approximate surface area is 154 Å². The number of hydrogen-bond acceptors (Lipinski definition) is 8. The predicted octanol–water partition coefficient (Wildman–Crippen LogP) is 1.34. The van der Waals surface area contributed by atoms with Crippen LogP contribution in [-0.4, -0.2) is 27.1 Å². The fourth-order valence-corrected chi connectivity index (χ4v) is 3.53. The summed E-state index contributed by atoms with van der Waals surface area (Å²) in [4.78, 5) is 21.8. The predicted molar refractivity (Wildman–Crippen MR) is 94.9 cm³/mol. The van der Waals surface area contributed by atoms with E-state index in [1.807, 2.05) is 29.6 Å². The number of rotatable bonds is 6. The number of carbonyl (C=O) groups is 1. The topological polar surface area (TPSA) is 105 Å². The van der Waals surface area contributed by atoms with Gasteiger partial charge in [-0.3, -0.25) is 9.78 Å². The number of carbonyl (C=O) groups excluding carboxylic acids is 1. The molecular weight excluding hydrogens is 352 g/mol. The molecule has 1 amide bonds. The molecule has 3 aromatic heterocycles. The molecule has 8 nitrogen and oxygen atoms in total. The molecule has 3 aromatic rings. The Balaban J connectivity index is 1.27. The smallest absolute Gasteiger partial charge is 0.246 e. The SMILES string of the molecule is O=C(NCc1nc(Cc2cccs2)no1)C1CC(c2ccncc2)NN1. The van der Waals surface area contributed by atoms with Crippen molar-refractivity contribution in [2.45, 2.75) is 31.5 Å². The van der Waals surface area contributed by atoms with E-state index in [0.717, 1.165) is 5.56 Å². The summed E-state index contributed by atoms with van der Waals surface area (Å²) in [7, 11) is 0. The van der Waals surface area contributed by atoms with Gasteiger partial charge in [-0.15, -0.1) is 11.3 Å². The number of pyridine rings is 1. The summed E-state index contributed by atoms with van der Waals surface area (Å²) in [5, 5.41) is 8.80. The van der Waals surface area contributed by atoms with Crippen LogP contribution in [0.4, 0.5) is 0 Å². The van der Waals surface area contributed by atoms with Crippen LogP contribution in [0.2, 0.25) is 0 Å². The molecule has 2 atom stereocenters. The van der Waals surface area contributed by atoms with Crippen LogP contribution >= 0.6 is 11.3 Å². The number of nitrogens with zero attached hydrogens (tertiary/aromatic N) is 3. The van der Waals surface area contributed by atoms with E-state index in [4.69, 9.17) is 4.52 Å². The number of nitrogens with one attached hydrogen (secondary N) is 3. The summed E-state index contributed by atoms with van der Waals surface area (Å²) in [6.45, 7) is 0.217. The van der Waals surface area contributed by atoms with Gasteiger partial charge in [-0.25, -0.2) is 10.9 Å². The van der Waals surface area contributed by atoms with Gasteiger partial charge in [-0.05, 0) is 35.6 Å². The van der Waals surface area contributed by atoms with Crippen LogP contribution < -0.4 is 16.2 Å². The van der Waals surface area contributed by atoms with Crippen LogP contribution in [0.1, 0.15) is 34.6 Å². The molecule has 3 N–H and O–H groups in total. The summed E-state index contributed by atoms with van der Waals surface area (Å²) >= 11 is 1.65. The first-order valence-electron chi connectivity index (χ1n) is 8.30. The first-order chi connectivity index (χ1) is 12.8. The minimum absolute atomic E-state index is 0.0783. The number of hydrogen-bond donors (Lipinski definition) is 3. The lowest BCUT2D eigenvalue weighted by Crippen LogP contribution is -2.42. The van der Waals surface area contributed by atoms with Gasteiger partial charge < -0.3 is 9.84 Å². The lowest BCUT2D eigenvalue weighted by molar-refractivity contribution is -0.123. The van der Waals surface area contributed by atoms with E-state index in [2.05, 4.69) is 31.3 Å². The molecule has 1 fully saturated rings. The van der Waals surface area contributed by atoms with E-state index in [9.17, 15) is 4.79 Å².